The van der Waals surface area contributed by atoms with E-state index in [1.165, 1.54) is 12.4 Å². The van der Waals surface area contributed by atoms with E-state index in [0.717, 1.165) is 33.4 Å². The lowest BCUT2D eigenvalue weighted by atomic mass is 9.92. The van der Waals surface area contributed by atoms with Crippen molar-refractivity contribution in [1.29, 1.82) is 10.5 Å². The van der Waals surface area contributed by atoms with Crippen LogP contribution in [0.2, 0.25) is 10.0 Å². The van der Waals surface area contributed by atoms with E-state index in [-0.39, 0.29) is 75.6 Å². The maximum absolute atomic E-state index is 12.2. The topological polar surface area (TPSA) is 232 Å². The van der Waals surface area contributed by atoms with Crippen LogP contribution in [-0.2, 0) is 49.1 Å². The summed E-state index contributed by atoms with van der Waals surface area (Å²) in [5.74, 6) is -0.660. The minimum absolute atomic E-state index is 0.0330. The number of ether oxygens (including phenoxy) is 4. The van der Waals surface area contributed by atoms with Gasteiger partial charge in [0.25, 0.3) is 0 Å². The number of aliphatic carboxylic acids is 2. The molecule has 0 saturated heterocycles. The molecular formula is C56H58Cl2N6O10. The Morgan fingerprint density at radius 3 is 1.32 bits per heavy atom. The first-order valence-corrected chi connectivity index (χ1v) is 24.6. The van der Waals surface area contributed by atoms with Gasteiger partial charge in [0.2, 0.25) is 0 Å². The van der Waals surface area contributed by atoms with E-state index in [1.807, 2.05) is 64.1 Å². The summed E-state index contributed by atoms with van der Waals surface area (Å²) in [5.41, 5.74) is 8.89. The number of likely N-dealkylation sites (N-methyl/N-ethyl adjacent to an activating group) is 2. The van der Waals surface area contributed by atoms with E-state index in [4.69, 9.17) is 42.1 Å². The van der Waals surface area contributed by atoms with Crippen LogP contribution >= 0.6 is 23.2 Å². The van der Waals surface area contributed by atoms with Crippen LogP contribution in [0.15, 0.2) is 97.6 Å². The molecular weight excluding hydrogens is 988 g/mol. The maximum atomic E-state index is 12.2. The summed E-state index contributed by atoms with van der Waals surface area (Å²) in [6.45, 7) is 8.54. The van der Waals surface area contributed by atoms with Gasteiger partial charge in [-0.3, -0.25) is 29.4 Å². The van der Waals surface area contributed by atoms with Gasteiger partial charge in [0.1, 0.15) is 73.6 Å². The third-order valence-corrected chi connectivity index (χ3v) is 13.2. The van der Waals surface area contributed by atoms with Crippen molar-refractivity contribution in [2.75, 3.05) is 26.3 Å². The quantitative estimate of drug-likeness (QED) is 0.0376. The Morgan fingerprint density at radius 1 is 0.581 bits per heavy atom. The van der Waals surface area contributed by atoms with Crippen LogP contribution in [-0.4, -0.2) is 90.5 Å². The second-order valence-electron chi connectivity index (χ2n) is 17.4. The summed E-state index contributed by atoms with van der Waals surface area (Å²) in [5, 5.41) is 58.7. The molecule has 0 fully saturated rings. The molecule has 2 heterocycles. The number of aliphatic hydroxyl groups excluding tert-OH is 2. The van der Waals surface area contributed by atoms with Crippen molar-refractivity contribution in [1.82, 2.24) is 19.8 Å². The molecule has 18 heteroatoms. The maximum Gasteiger partial charge on any atom is 0.321 e. The van der Waals surface area contributed by atoms with Gasteiger partial charge in [-0.15, -0.1) is 0 Å². The van der Waals surface area contributed by atoms with Gasteiger partial charge in [-0.2, -0.15) is 10.5 Å². The molecule has 2 atom stereocenters. The first kappa shape index (κ1) is 56.0. The zero-order chi connectivity index (χ0) is 53.3. The van der Waals surface area contributed by atoms with Gasteiger partial charge in [-0.1, -0.05) is 73.4 Å². The molecule has 0 radical (unpaired) electrons. The minimum atomic E-state index is -1.06. The molecule has 386 valence electrons. The number of carboxylic acids is 2. The fourth-order valence-electron chi connectivity index (χ4n) is 8.53. The lowest BCUT2D eigenvalue weighted by Crippen LogP contribution is -2.41. The molecule has 6 aromatic rings. The molecule has 16 nitrogen and oxygen atoms in total. The fourth-order valence-corrected chi connectivity index (χ4v) is 9.01. The number of nitriles is 2. The van der Waals surface area contributed by atoms with E-state index in [1.54, 1.807) is 58.6 Å². The highest BCUT2D eigenvalue weighted by Crippen LogP contribution is 2.38. The number of aromatic nitrogens is 2. The summed E-state index contributed by atoms with van der Waals surface area (Å²) in [6, 6.07) is 24.3. The molecule has 0 bridgehead atoms. The second kappa shape index (κ2) is 27.1. The molecule has 2 aromatic heterocycles. The number of aliphatic hydroxyl groups is 2. The van der Waals surface area contributed by atoms with Crippen molar-refractivity contribution in [3.05, 3.63) is 163 Å². The van der Waals surface area contributed by atoms with Gasteiger partial charge in [0.05, 0.1) is 21.2 Å². The molecule has 0 aliphatic carbocycles. The number of benzene rings is 4. The van der Waals surface area contributed by atoms with E-state index < -0.39 is 24.0 Å². The van der Waals surface area contributed by atoms with Crippen molar-refractivity contribution >= 4 is 35.1 Å². The van der Waals surface area contributed by atoms with Crippen molar-refractivity contribution in [2.24, 2.45) is 0 Å². The molecule has 0 saturated carbocycles. The first-order chi connectivity index (χ1) is 35.7. The van der Waals surface area contributed by atoms with E-state index in [0.29, 0.717) is 69.5 Å². The Bertz CT molecular complexity index is 2820. The summed E-state index contributed by atoms with van der Waals surface area (Å²) >= 11 is 13.8. The monoisotopic (exact) mass is 1040 g/mol. The molecule has 74 heavy (non-hydrogen) atoms. The molecule has 6 rings (SSSR count). The summed E-state index contributed by atoms with van der Waals surface area (Å²) in [7, 11) is 0. The van der Waals surface area contributed by atoms with E-state index >= 15 is 0 Å². The van der Waals surface area contributed by atoms with Crippen LogP contribution in [0.1, 0.15) is 82.3 Å². The highest BCUT2D eigenvalue weighted by atomic mass is 35.5. The zero-order valence-electron chi connectivity index (χ0n) is 41.6. The number of halogens is 2. The largest absolute Gasteiger partial charge is 0.488 e. The summed E-state index contributed by atoms with van der Waals surface area (Å²) in [4.78, 5) is 36.1. The van der Waals surface area contributed by atoms with E-state index in [2.05, 4.69) is 22.1 Å². The van der Waals surface area contributed by atoms with Crippen molar-refractivity contribution in [3.63, 3.8) is 0 Å². The van der Waals surface area contributed by atoms with Gasteiger partial charge in [0, 0.05) is 85.5 Å². The smallest absolute Gasteiger partial charge is 0.321 e. The number of pyridine rings is 2. The highest BCUT2D eigenvalue weighted by molar-refractivity contribution is 6.32. The lowest BCUT2D eigenvalue weighted by Gasteiger charge is -2.28. The first-order valence-electron chi connectivity index (χ1n) is 23.9. The fraction of sp³-hybridized carbons (Fsp3) is 0.321. The standard InChI is InChI=1S/C56H58Cl2N6O10/c1-5-63(49(13-15-65)55(67)68)29-43-19-47(57)53(21-51(43)71-31-39-17-37(23-59)25-61-27-39)73-33-41-9-7-11-45(35(41)3)46-12-8-10-42(36(46)4)34-74-54-22-52(72-32-40-18-38(24-60)26-62-28-40)44(20-48(54)58)30-64(6-2)50(14-16-66)56(69)70/h7-12,17-22,25-28,49-50,65-66H,5-6,13-16,29-34H2,1-4H3,(H,67,68)(H,69,70). The van der Waals surface area contributed by atoms with Crippen LogP contribution < -0.4 is 18.9 Å². The van der Waals surface area contributed by atoms with Gasteiger partial charge < -0.3 is 39.4 Å². The minimum Gasteiger partial charge on any atom is -0.488 e. The highest BCUT2D eigenvalue weighted by Gasteiger charge is 2.28. The van der Waals surface area contributed by atoms with Gasteiger partial charge in [-0.05, 0) is 97.4 Å². The molecule has 0 amide bonds. The lowest BCUT2D eigenvalue weighted by molar-refractivity contribution is -0.145. The third kappa shape index (κ3) is 14.5. The van der Waals surface area contributed by atoms with Crippen LogP contribution in [0.4, 0.5) is 0 Å². The second-order valence-corrected chi connectivity index (χ2v) is 18.2. The Labute approximate surface area is 440 Å². The molecule has 2 unspecified atom stereocenters. The summed E-state index contributed by atoms with van der Waals surface area (Å²) in [6.07, 6.45) is 6.17. The summed E-state index contributed by atoms with van der Waals surface area (Å²) < 4.78 is 25.4. The SMILES string of the molecule is CCN(Cc1cc(Cl)c(OCc2cccc(-c3cccc(COc4cc(OCc5cncc(C#N)c5)c(CN(CC)C(CCO)C(=O)O)cc4Cl)c3C)c2C)cc1OCc1cncc(C#N)c1)C(CCO)C(=O)O. The average molecular weight is 1050 g/mol. The Hall–Kier alpha value is -7.28. The number of nitrogens with zero attached hydrogens (tertiary/aromatic N) is 6. The Kier molecular flexibility index (Phi) is 20.5. The number of hydrogen-bond donors (Lipinski definition) is 4. The molecule has 4 N–H and O–H groups in total. The van der Waals surface area contributed by atoms with Crippen molar-refractivity contribution in [2.45, 2.75) is 92.1 Å². The normalized spacial score (nSPS) is 11.9. The Morgan fingerprint density at radius 2 is 0.973 bits per heavy atom. The van der Waals surface area contributed by atoms with Gasteiger partial charge >= 0.3 is 11.9 Å². The molecule has 0 aliphatic heterocycles. The van der Waals surface area contributed by atoms with Crippen LogP contribution in [0.5, 0.6) is 23.0 Å². The van der Waals surface area contributed by atoms with Crippen molar-refractivity contribution in [3.8, 4) is 46.3 Å². The van der Waals surface area contributed by atoms with Crippen LogP contribution in [0.3, 0.4) is 0 Å². The molecule has 0 aliphatic rings. The predicted molar refractivity (Wildman–Crippen MR) is 278 cm³/mol. The molecule has 0 spiro atoms. The Balaban J connectivity index is 1.24. The predicted octanol–water partition coefficient (Wildman–Crippen LogP) is 9.44. The van der Waals surface area contributed by atoms with E-state index in [9.17, 15) is 40.5 Å². The van der Waals surface area contributed by atoms with Crippen LogP contribution in [0, 0.1) is 36.5 Å². The molecule has 4 aromatic carbocycles. The average Bonchev–Trinajstić information content (AvgIpc) is 3.40. The third-order valence-electron chi connectivity index (χ3n) is 12.6. The number of carboxylic acid groups (broad SMARTS) is 2. The van der Waals surface area contributed by atoms with Gasteiger partial charge in [-0.25, -0.2) is 0 Å². The number of hydrogen-bond acceptors (Lipinski definition) is 14. The van der Waals surface area contributed by atoms with Crippen LogP contribution in [0.25, 0.3) is 11.1 Å². The number of rotatable bonds is 27. The van der Waals surface area contributed by atoms with Crippen molar-refractivity contribution < 1.29 is 49.0 Å². The van der Waals surface area contributed by atoms with Gasteiger partial charge in [0.15, 0.2) is 0 Å². The zero-order valence-corrected chi connectivity index (χ0v) is 43.1. The number of carbonyl (C=O) groups is 2.